The van der Waals surface area contributed by atoms with Crippen molar-refractivity contribution in [1.29, 1.82) is 0 Å². The molecule has 1 aromatic carbocycles. The molecule has 0 amide bonds. The monoisotopic (exact) mass is 312 g/mol. The van der Waals surface area contributed by atoms with Gasteiger partial charge in [0.1, 0.15) is 0 Å². The maximum Gasteiger partial charge on any atom is 0.217 e. The topological polar surface area (TPSA) is 82.3 Å². The van der Waals surface area contributed by atoms with Crippen LogP contribution in [0.2, 0.25) is 5.02 Å². The van der Waals surface area contributed by atoms with Gasteiger partial charge in [0.15, 0.2) is 9.84 Å². The van der Waals surface area contributed by atoms with Gasteiger partial charge in [-0.1, -0.05) is 17.7 Å². The lowest BCUT2D eigenvalue weighted by molar-refractivity contribution is 0.394. The van der Waals surface area contributed by atoms with Gasteiger partial charge < -0.3 is 10.5 Å². The average molecular weight is 313 g/mol. The van der Waals surface area contributed by atoms with E-state index >= 15 is 0 Å². The Morgan fingerprint density at radius 3 is 2.75 bits per heavy atom. The van der Waals surface area contributed by atoms with Crippen LogP contribution in [0.15, 0.2) is 41.4 Å². The molecule has 0 fully saturated rings. The molecule has 0 radical (unpaired) electrons. The van der Waals surface area contributed by atoms with Gasteiger partial charge in [-0.2, -0.15) is 0 Å². The summed E-state index contributed by atoms with van der Waals surface area (Å²) in [7, 11) is -2.16. The number of anilines is 1. The summed E-state index contributed by atoms with van der Waals surface area (Å²) in [6.07, 6.45) is 1.53. The molecular formula is C13H13ClN2O3S. The zero-order valence-electron chi connectivity index (χ0n) is 10.7. The first kappa shape index (κ1) is 14.6. The summed E-state index contributed by atoms with van der Waals surface area (Å²) in [6.45, 7) is 0. The molecule has 0 bridgehead atoms. The summed E-state index contributed by atoms with van der Waals surface area (Å²) >= 11 is 5.95. The van der Waals surface area contributed by atoms with Crippen LogP contribution >= 0.6 is 11.6 Å². The van der Waals surface area contributed by atoms with Gasteiger partial charge in [-0.25, -0.2) is 13.4 Å². The van der Waals surface area contributed by atoms with Crippen LogP contribution in [0.4, 0.5) is 5.69 Å². The third-order valence-corrected chi connectivity index (χ3v) is 4.82. The molecule has 0 aliphatic heterocycles. The van der Waals surface area contributed by atoms with Gasteiger partial charge >= 0.3 is 0 Å². The van der Waals surface area contributed by atoms with E-state index in [0.717, 1.165) is 0 Å². The zero-order chi connectivity index (χ0) is 14.8. The van der Waals surface area contributed by atoms with Gasteiger partial charge in [-0.05, 0) is 24.3 Å². The first-order chi connectivity index (χ1) is 9.44. The van der Waals surface area contributed by atoms with Crippen LogP contribution in [0.5, 0.6) is 5.88 Å². The Morgan fingerprint density at radius 1 is 1.35 bits per heavy atom. The number of benzene rings is 1. The number of pyridine rings is 1. The van der Waals surface area contributed by atoms with Gasteiger partial charge in [0.05, 0.1) is 22.8 Å². The fourth-order valence-corrected chi connectivity index (χ4v) is 3.73. The number of sulfone groups is 1. The van der Waals surface area contributed by atoms with E-state index < -0.39 is 9.84 Å². The highest BCUT2D eigenvalue weighted by atomic mass is 35.5. The van der Waals surface area contributed by atoms with E-state index in [2.05, 4.69) is 4.98 Å². The van der Waals surface area contributed by atoms with E-state index in [-0.39, 0.29) is 21.6 Å². The normalized spacial score (nSPS) is 11.3. The Kier molecular flexibility index (Phi) is 4.15. The molecule has 20 heavy (non-hydrogen) atoms. The predicted molar refractivity (Wildman–Crippen MR) is 77.5 cm³/mol. The molecule has 1 aromatic heterocycles. The van der Waals surface area contributed by atoms with Crippen molar-refractivity contribution >= 4 is 27.1 Å². The number of nitrogens with zero attached hydrogens (tertiary/aromatic N) is 1. The van der Waals surface area contributed by atoms with E-state index in [9.17, 15) is 8.42 Å². The van der Waals surface area contributed by atoms with E-state index in [1.54, 1.807) is 12.1 Å². The number of nitrogen functional groups attached to an aromatic ring is 1. The Hall–Kier alpha value is -1.79. The predicted octanol–water partition coefficient (Wildman–Crippen LogP) is 2.30. The van der Waals surface area contributed by atoms with Crippen molar-refractivity contribution in [3.8, 4) is 5.88 Å². The highest BCUT2D eigenvalue weighted by molar-refractivity contribution is 7.90. The standard InChI is InChI=1S/C13H13ClN2O3S/c1-19-13-9(3-2-6-16-13)8-20(17,18)12-5-4-10(15)7-11(12)14/h2-7H,8,15H2,1H3. The SMILES string of the molecule is COc1ncccc1CS(=O)(=O)c1ccc(N)cc1Cl. The Morgan fingerprint density at radius 2 is 2.10 bits per heavy atom. The van der Waals surface area contributed by atoms with Crippen molar-refractivity contribution in [3.05, 3.63) is 47.1 Å². The molecule has 5 nitrogen and oxygen atoms in total. The second kappa shape index (κ2) is 5.68. The summed E-state index contributed by atoms with van der Waals surface area (Å²) in [4.78, 5) is 4.01. The molecule has 0 spiro atoms. The highest BCUT2D eigenvalue weighted by Crippen LogP contribution is 2.28. The molecule has 0 aliphatic carbocycles. The number of nitrogens with two attached hydrogens (primary N) is 1. The molecule has 0 saturated carbocycles. The smallest absolute Gasteiger partial charge is 0.217 e. The molecule has 0 atom stereocenters. The minimum atomic E-state index is -3.60. The summed E-state index contributed by atoms with van der Waals surface area (Å²) in [5.74, 6) is 0.0378. The number of halogens is 1. The van der Waals surface area contributed by atoms with Crippen molar-refractivity contribution in [1.82, 2.24) is 4.98 Å². The molecule has 106 valence electrons. The summed E-state index contributed by atoms with van der Waals surface area (Å²) < 4.78 is 29.8. The Bertz CT molecular complexity index is 732. The molecule has 0 aliphatic rings. The average Bonchev–Trinajstić information content (AvgIpc) is 2.38. The molecule has 2 rings (SSSR count). The Balaban J connectivity index is 2.41. The van der Waals surface area contributed by atoms with E-state index in [1.807, 2.05) is 0 Å². The third-order valence-electron chi connectivity index (χ3n) is 2.68. The molecule has 2 aromatic rings. The van der Waals surface area contributed by atoms with Gasteiger partial charge in [0.25, 0.3) is 0 Å². The van der Waals surface area contributed by atoms with Crippen molar-refractivity contribution in [2.75, 3.05) is 12.8 Å². The first-order valence-corrected chi connectivity index (χ1v) is 7.73. The van der Waals surface area contributed by atoms with Crippen LogP contribution in [0, 0.1) is 0 Å². The first-order valence-electron chi connectivity index (χ1n) is 5.69. The molecule has 2 N–H and O–H groups in total. The Labute approximate surface area is 122 Å². The van der Waals surface area contributed by atoms with Crippen LogP contribution in [-0.4, -0.2) is 20.5 Å². The lowest BCUT2D eigenvalue weighted by Crippen LogP contribution is -2.07. The highest BCUT2D eigenvalue weighted by Gasteiger charge is 2.21. The molecule has 0 unspecified atom stereocenters. The van der Waals surface area contributed by atoms with E-state index in [4.69, 9.17) is 22.1 Å². The second-order valence-corrected chi connectivity index (χ2v) is 6.49. The fourth-order valence-electron chi connectivity index (χ4n) is 1.77. The van der Waals surface area contributed by atoms with Crippen LogP contribution in [0.25, 0.3) is 0 Å². The minimum Gasteiger partial charge on any atom is -0.481 e. The fraction of sp³-hybridized carbons (Fsp3) is 0.154. The van der Waals surface area contributed by atoms with E-state index in [0.29, 0.717) is 11.3 Å². The maximum absolute atomic E-state index is 12.4. The molecular weight excluding hydrogens is 300 g/mol. The second-order valence-electron chi connectivity index (χ2n) is 4.12. The van der Waals surface area contributed by atoms with Crippen molar-refractivity contribution < 1.29 is 13.2 Å². The van der Waals surface area contributed by atoms with Crippen LogP contribution in [0.3, 0.4) is 0 Å². The van der Waals surface area contributed by atoms with Crippen molar-refractivity contribution in [2.24, 2.45) is 0 Å². The van der Waals surface area contributed by atoms with E-state index in [1.165, 1.54) is 31.5 Å². The molecule has 0 saturated heterocycles. The van der Waals surface area contributed by atoms with Gasteiger partial charge in [0.2, 0.25) is 5.88 Å². The quantitative estimate of drug-likeness (QED) is 0.876. The third kappa shape index (κ3) is 3.02. The number of rotatable bonds is 4. The number of methoxy groups -OCH3 is 1. The van der Waals surface area contributed by atoms with Crippen molar-refractivity contribution in [3.63, 3.8) is 0 Å². The van der Waals surface area contributed by atoms with Gasteiger partial charge in [0, 0.05) is 17.4 Å². The van der Waals surface area contributed by atoms with Gasteiger partial charge in [-0.15, -0.1) is 0 Å². The zero-order valence-corrected chi connectivity index (χ0v) is 12.3. The summed E-state index contributed by atoms with van der Waals surface area (Å²) in [5, 5.41) is 0.104. The largest absolute Gasteiger partial charge is 0.481 e. The van der Waals surface area contributed by atoms with Crippen LogP contribution in [0.1, 0.15) is 5.56 Å². The lowest BCUT2D eigenvalue weighted by atomic mass is 10.3. The summed E-state index contributed by atoms with van der Waals surface area (Å²) in [5.41, 5.74) is 6.44. The number of hydrogen-bond acceptors (Lipinski definition) is 5. The van der Waals surface area contributed by atoms with Gasteiger partial charge in [-0.3, -0.25) is 0 Å². The van der Waals surface area contributed by atoms with Crippen LogP contribution < -0.4 is 10.5 Å². The van der Waals surface area contributed by atoms with Crippen molar-refractivity contribution in [2.45, 2.75) is 10.6 Å². The maximum atomic E-state index is 12.4. The number of aromatic nitrogens is 1. The molecule has 1 heterocycles. The summed E-state index contributed by atoms with van der Waals surface area (Å²) in [6, 6.07) is 7.61. The number of hydrogen-bond donors (Lipinski definition) is 1. The minimum absolute atomic E-state index is 0.0410. The molecule has 7 heteroatoms. The lowest BCUT2D eigenvalue weighted by Gasteiger charge is -2.09. The number of ether oxygens (including phenoxy) is 1. The van der Waals surface area contributed by atoms with Crippen LogP contribution in [-0.2, 0) is 15.6 Å².